The standard InChI is InChI=1S/CH3Br.H3N.Pb.2H/c1-2;;;;/h1H3;1H3;;;. The molecule has 1 nitrogen and oxygen atoms in total. The zero-order valence-corrected chi connectivity index (χ0v) is 9.88. The fourth-order valence-corrected chi connectivity index (χ4v) is 0. The van der Waals surface area contributed by atoms with Crippen molar-refractivity contribution in [1.29, 1.82) is 0 Å². The van der Waals surface area contributed by atoms with E-state index in [1.54, 1.807) is 0 Å². The zero-order valence-electron chi connectivity index (χ0n) is 2.79. The second kappa shape index (κ2) is 26.6. The molecule has 0 aliphatic carbocycles. The van der Waals surface area contributed by atoms with Crippen LogP contribution < -0.4 is 6.15 Å². The van der Waals surface area contributed by atoms with Gasteiger partial charge in [-0.15, -0.1) is 0 Å². The van der Waals surface area contributed by atoms with Crippen molar-refractivity contribution in [2.75, 3.05) is 5.83 Å². The summed E-state index contributed by atoms with van der Waals surface area (Å²) >= 11 is 2.94. The summed E-state index contributed by atoms with van der Waals surface area (Å²) in [5, 5.41) is 0. The number of hydrogen-bond acceptors (Lipinski definition) is 1. The molecule has 0 aliphatic heterocycles. The molecular weight excluding hydrogens is 313 g/mol. The van der Waals surface area contributed by atoms with Crippen LogP contribution in [0.1, 0.15) is 0 Å². The monoisotopic (exact) mass is 321 g/mol. The van der Waals surface area contributed by atoms with Crippen LogP contribution in [0.25, 0.3) is 0 Å². The van der Waals surface area contributed by atoms with E-state index in [0.717, 1.165) is 0 Å². The van der Waals surface area contributed by atoms with Crippen molar-refractivity contribution in [1.82, 2.24) is 6.15 Å². The third-order valence-electron chi connectivity index (χ3n) is 0. The van der Waals surface area contributed by atoms with Gasteiger partial charge in [-0.2, -0.15) is 0 Å². The number of hydrogen-bond donors (Lipinski definition) is 1. The topological polar surface area (TPSA) is 35.0 Å². The Morgan fingerprint density at radius 2 is 1.25 bits per heavy atom. The molecule has 0 unspecified atom stereocenters. The van der Waals surface area contributed by atoms with Crippen molar-refractivity contribution >= 4 is 43.2 Å². The molecule has 28 valence electrons. The molecule has 0 heterocycles. The Balaban J connectivity index is -0.00000000500. The zero-order chi connectivity index (χ0) is 2.00. The van der Waals surface area contributed by atoms with Crippen LogP contribution in [-0.4, -0.2) is 33.1 Å². The van der Waals surface area contributed by atoms with Gasteiger partial charge in [-0.05, 0) is 5.83 Å². The first-order valence-electron chi connectivity index (χ1n) is 0.378. The van der Waals surface area contributed by atoms with Crippen molar-refractivity contribution in [2.24, 2.45) is 0 Å². The van der Waals surface area contributed by atoms with Gasteiger partial charge in [0.05, 0.1) is 0 Å². The molecule has 0 fully saturated rings. The van der Waals surface area contributed by atoms with Crippen LogP contribution in [0.5, 0.6) is 0 Å². The summed E-state index contributed by atoms with van der Waals surface area (Å²) in [7, 11) is 0. The molecule has 0 aliphatic rings. The third kappa shape index (κ3) is 10.1. The van der Waals surface area contributed by atoms with E-state index in [2.05, 4.69) is 15.9 Å². The minimum absolute atomic E-state index is 0. The molecule has 0 aromatic carbocycles. The van der Waals surface area contributed by atoms with Gasteiger partial charge in [0.2, 0.25) is 0 Å². The van der Waals surface area contributed by atoms with Crippen LogP contribution in [0.4, 0.5) is 0 Å². The summed E-state index contributed by atoms with van der Waals surface area (Å²) in [6, 6.07) is 0. The number of halogens is 1. The van der Waals surface area contributed by atoms with Gasteiger partial charge in [-0.3, -0.25) is 0 Å². The van der Waals surface area contributed by atoms with Crippen molar-refractivity contribution in [3.8, 4) is 0 Å². The molecule has 4 heavy (non-hydrogen) atoms. The van der Waals surface area contributed by atoms with Gasteiger partial charge in [0, 0.05) is 0 Å². The van der Waals surface area contributed by atoms with Gasteiger partial charge in [0.1, 0.15) is 0 Å². The van der Waals surface area contributed by atoms with Gasteiger partial charge in [-0.1, -0.05) is 15.9 Å². The van der Waals surface area contributed by atoms with Gasteiger partial charge >= 0.3 is 27.3 Å². The molecule has 0 saturated heterocycles. The van der Waals surface area contributed by atoms with Crippen molar-refractivity contribution in [3.63, 3.8) is 0 Å². The van der Waals surface area contributed by atoms with E-state index in [9.17, 15) is 0 Å². The molecular formula is CH8BrNPb. The number of rotatable bonds is 0. The van der Waals surface area contributed by atoms with Crippen LogP contribution >= 0.6 is 15.9 Å². The second-order valence-electron chi connectivity index (χ2n) is 0. The Morgan fingerprint density at radius 3 is 1.25 bits per heavy atom. The third-order valence-corrected chi connectivity index (χ3v) is 0. The van der Waals surface area contributed by atoms with Crippen LogP contribution in [0.2, 0.25) is 0 Å². The SMILES string of the molecule is CBr.N.[PbH2]. The molecule has 0 saturated carbocycles. The van der Waals surface area contributed by atoms with Crippen molar-refractivity contribution in [3.05, 3.63) is 0 Å². The van der Waals surface area contributed by atoms with E-state index in [1.165, 1.54) is 0 Å². The Labute approximate surface area is 55.0 Å². The van der Waals surface area contributed by atoms with Crippen LogP contribution in [0.15, 0.2) is 0 Å². The molecule has 0 amide bonds. The average molecular weight is 321 g/mol. The van der Waals surface area contributed by atoms with Crippen LogP contribution in [0, 0.1) is 0 Å². The van der Waals surface area contributed by atoms with Gasteiger partial charge in [0.25, 0.3) is 0 Å². The van der Waals surface area contributed by atoms with E-state index in [0.29, 0.717) is 0 Å². The summed E-state index contributed by atoms with van der Waals surface area (Å²) in [5.74, 6) is 1.81. The van der Waals surface area contributed by atoms with E-state index in [4.69, 9.17) is 0 Å². The normalized spacial score (nSPS) is 1.50. The number of alkyl halides is 1. The predicted octanol–water partition coefficient (Wildman–Crippen LogP) is 0.257. The van der Waals surface area contributed by atoms with Crippen molar-refractivity contribution in [2.45, 2.75) is 0 Å². The van der Waals surface area contributed by atoms with Gasteiger partial charge < -0.3 is 6.15 Å². The molecule has 0 spiro atoms. The molecule has 2 radical (unpaired) electrons. The first kappa shape index (κ1) is 18.3. The average Bonchev–Trinajstić information content (AvgIpc) is 1.00. The molecule has 0 aromatic rings. The van der Waals surface area contributed by atoms with E-state index < -0.39 is 0 Å². The predicted molar refractivity (Wildman–Crippen MR) is 28.4 cm³/mol. The fourth-order valence-electron chi connectivity index (χ4n) is 0. The quantitative estimate of drug-likeness (QED) is 0.504. The van der Waals surface area contributed by atoms with E-state index >= 15 is 0 Å². The Kier molecular flexibility index (Phi) is 122. The van der Waals surface area contributed by atoms with Gasteiger partial charge in [0.15, 0.2) is 0 Å². The summed E-state index contributed by atoms with van der Waals surface area (Å²) in [5.41, 5.74) is 0. The van der Waals surface area contributed by atoms with Crippen LogP contribution in [-0.2, 0) is 0 Å². The molecule has 3 N–H and O–H groups in total. The summed E-state index contributed by atoms with van der Waals surface area (Å²) < 4.78 is 0. The fraction of sp³-hybridized carbons (Fsp3) is 1.00. The summed E-state index contributed by atoms with van der Waals surface area (Å²) in [6.45, 7) is 0. The van der Waals surface area contributed by atoms with Crippen molar-refractivity contribution < 1.29 is 0 Å². The molecule has 3 heteroatoms. The minimum atomic E-state index is 0. The Bertz CT molecular complexity index is 8.00. The van der Waals surface area contributed by atoms with Crippen LogP contribution in [0.3, 0.4) is 0 Å². The maximum atomic E-state index is 2.94. The summed E-state index contributed by atoms with van der Waals surface area (Å²) in [4.78, 5) is 0. The Hall–Kier alpha value is 1.36. The molecule has 0 bridgehead atoms. The molecule has 0 aromatic heterocycles. The van der Waals surface area contributed by atoms with E-state index in [1.807, 2.05) is 5.83 Å². The Morgan fingerprint density at radius 1 is 1.25 bits per heavy atom. The molecule has 0 rings (SSSR count). The second-order valence-corrected chi connectivity index (χ2v) is 0. The first-order valence-corrected chi connectivity index (χ1v) is 1.96. The van der Waals surface area contributed by atoms with Gasteiger partial charge in [-0.25, -0.2) is 0 Å². The molecule has 0 atom stereocenters. The van der Waals surface area contributed by atoms with E-state index in [-0.39, 0.29) is 33.4 Å². The maximum absolute atomic E-state index is 2.94. The first-order chi connectivity index (χ1) is 1.00. The summed E-state index contributed by atoms with van der Waals surface area (Å²) in [6.07, 6.45) is 0.